The SMILES string of the molecule is CC1C=CC(C)(c2ccc3ccc4ccc(-c5cccc(-c6c7ccccc7nc7c6sc6ccccc67)c5)nc4c3n2)C2=C1C(C)c1nc3c(sc4ccccc43)c(-c3cccc(-c4ccc5ccc6cccnc6c5n4)c3)c1C2C. The molecule has 0 N–H and O–H groups in total. The molecule has 4 unspecified atom stereocenters. The van der Waals surface area contributed by atoms with E-state index >= 15 is 0 Å². The minimum atomic E-state index is -0.541. The molecule has 388 valence electrons. The minimum absolute atomic E-state index is 0.00364. The molecule has 8 heteroatoms. The molecule has 0 spiro atoms. The Kier molecular flexibility index (Phi) is 10.3. The van der Waals surface area contributed by atoms with Crippen molar-refractivity contribution in [3.8, 4) is 44.8 Å². The quantitative estimate of drug-likeness (QED) is 0.126. The highest BCUT2D eigenvalue weighted by molar-refractivity contribution is 7.26. The number of nitrogens with zero attached hydrogens (tertiary/aromatic N) is 6. The number of hydrogen-bond acceptors (Lipinski definition) is 8. The molecule has 0 amide bonds. The predicted molar refractivity (Wildman–Crippen MR) is 344 cm³/mol. The van der Waals surface area contributed by atoms with Crippen LogP contribution < -0.4 is 0 Å². The fourth-order valence-electron chi connectivity index (χ4n) is 14.1. The summed E-state index contributed by atoms with van der Waals surface area (Å²) in [5, 5.41) is 7.82. The molecule has 82 heavy (non-hydrogen) atoms. The van der Waals surface area contributed by atoms with Crippen LogP contribution in [-0.4, -0.2) is 29.9 Å². The van der Waals surface area contributed by atoms with Gasteiger partial charge in [0.15, 0.2) is 0 Å². The van der Waals surface area contributed by atoms with Gasteiger partial charge in [-0.3, -0.25) is 9.97 Å². The van der Waals surface area contributed by atoms with Gasteiger partial charge in [-0.2, -0.15) is 0 Å². The lowest BCUT2D eigenvalue weighted by Gasteiger charge is -2.45. The molecule has 7 aromatic carbocycles. The first-order valence-corrected chi connectivity index (χ1v) is 29.9. The molecule has 0 fully saturated rings. The summed E-state index contributed by atoms with van der Waals surface area (Å²) >= 11 is 3.67. The highest BCUT2D eigenvalue weighted by atomic mass is 32.1. The summed E-state index contributed by atoms with van der Waals surface area (Å²) in [7, 11) is 0. The second-order valence-electron chi connectivity index (χ2n) is 22.7. The van der Waals surface area contributed by atoms with Crippen molar-refractivity contribution < 1.29 is 0 Å². The monoisotopic (exact) mass is 1090 g/mol. The van der Waals surface area contributed by atoms with E-state index in [4.69, 9.17) is 29.9 Å². The number of rotatable bonds is 5. The molecular formula is C74H50N6S2. The Morgan fingerprint density at radius 3 is 1.65 bits per heavy atom. The third-order valence-electron chi connectivity index (χ3n) is 18.0. The second kappa shape index (κ2) is 17.8. The number of allylic oxidation sites excluding steroid dienone is 4. The summed E-state index contributed by atoms with van der Waals surface area (Å²) in [6.07, 6.45) is 6.72. The molecule has 17 rings (SSSR count). The van der Waals surface area contributed by atoms with Crippen molar-refractivity contribution in [2.75, 3.05) is 0 Å². The first kappa shape index (κ1) is 47.5. The molecule has 2 aliphatic carbocycles. The van der Waals surface area contributed by atoms with E-state index in [-0.39, 0.29) is 17.8 Å². The maximum Gasteiger partial charge on any atom is 0.0972 e. The topological polar surface area (TPSA) is 77.3 Å². The van der Waals surface area contributed by atoms with Crippen LogP contribution >= 0.6 is 22.7 Å². The summed E-state index contributed by atoms with van der Waals surface area (Å²) in [6, 6.07) is 69.9. The van der Waals surface area contributed by atoms with Crippen molar-refractivity contribution in [1.29, 1.82) is 0 Å². The van der Waals surface area contributed by atoms with Crippen LogP contribution in [0.5, 0.6) is 0 Å². The van der Waals surface area contributed by atoms with Gasteiger partial charge >= 0.3 is 0 Å². The highest BCUT2D eigenvalue weighted by Crippen LogP contribution is 2.58. The fraction of sp³-hybridized carbons (Fsp3) is 0.108. The van der Waals surface area contributed by atoms with E-state index in [1.807, 2.05) is 34.9 Å². The Bertz CT molecular complexity index is 5340. The predicted octanol–water partition coefficient (Wildman–Crippen LogP) is 19.9. The molecule has 0 saturated carbocycles. The van der Waals surface area contributed by atoms with Gasteiger partial charge in [0.05, 0.1) is 70.8 Å². The average molecular weight is 1090 g/mol. The Morgan fingerprint density at radius 2 is 0.963 bits per heavy atom. The Hall–Kier alpha value is -9.34. The number of pyridine rings is 6. The Labute approximate surface area is 480 Å². The van der Waals surface area contributed by atoms with Crippen LogP contribution in [0, 0.1) is 5.92 Å². The van der Waals surface area contributed by atoms with E-state index < -0.39 is 5.41 Å². The van der Waals surface area contributed by atoms with Crippen molar-refractivity contribution >= 4 is 118 Å². The van der Waals surface area contributed by atoms with Crippen molar-refractivity contribution in [3.05, 3.63) is 241 Å². The lowest BCUT2D eigenvalue weighted by molar-refractivity contribution is 0.527. The molecule has 15 aromatic rings. The summed E-state index contributed by atoms with van der Waals surface area (Å²) in [5.74, 6) is 0.266. The van der Waals surface area contributed by atoms with Crippen LogP contribution in [0.15, 0.2) is 224 Å². The number of fused-ring (bicyclic) bond motifs is 14. The van der Waals surface area contributed by atoms with Crippen LogP contribution in [0.25, 0.3) is 140 Å². The summed E-state index contributed by atoms with van der Waals surface area (Å²) < 4.78 is 4.90. The van der Waals surface area contributed by atoms with Crippen LogP contribution in [-0.2, 0) is 5.41 Å². The molecule has 0 aliphatic heterocycles. The van der Waals surface area contributed by atoms with Crippen molar-refractivity contribution in [1.82, 2.24) is 29.9 Å². The third kappa shape index (κ3) is 6.98. The van der Waals surface area contributed by atoms with E-state index in [2.05, 4.69) is 228 Å². The summed E-state index contributed by atoms with van der Waals surface area (Å²) in [5.41, 5.74) is 21.3. The summed E-state index contributed by atoms with van der Waals surface area (Å²) in [6.45, 7) is 9.59. The molecule has 4 atom stereocenters. The number of hydrogen-bond donors (Lipinski definition) is 0. The van der Waals surface area contributed by atoms with Gasteiger partial charge in [-0.25, -0.2) is 19.9 Å². The molecule has 2 aliphatic rings. The van der Waals surface area contributed by atoms with Gasteiger partial charge in [0.1, 0.15) is 0 Å². The molecule has 6 nitrogen and oxygen atoms in total. The minimum Gasteiger partial charge on any atom is -0.254 e. The van der Waals surface area contributed by atoms with Crippen molar-refractivity contribution in [3.63, 3.8) is 0 Å². The molecule has 0 radical (unpaired) electrons. The Morgan fingerprint density at radius 1 is 0.427 bits per heavy atom. The zero-order chi connectivity index (χ0) is 54.5. The lowest BCUT2D eigenvalue weighted by Crippen LogP contribution is -2.36. The van der Waals surface area contributed by atoms with E-state index in [1.165, 1.54) is 63.0 Å². The number of thiophene rings is 2. The van der Waals surface area contributed by atoms with Gasteiger partial charge in [-0.15, -0.1) is 22.7 Å². The van der Waals surface area contributed by atoms with Crippen LogP contribution in [0.3, 0.4) is 0 Å². The number of aromatic nitrogens is 6. The molecule has 0 saturated heterocycles. The molecular weight excluding hydrogens is 1040 g/mol. The van der Waals surface area contributed by atoms with Crippen LogP contribution in [0.2, 0.25) is 0 Å². The van der Waals surface area contributed by atoms with Crippen molar-refractivity contribution in [2.24, 2.45) is 5.92 Å². The van der Waals surface area contributed by atoms with Gasteiger partial charge in [-0.1, -0.05) is 178 Å². The van der Waals surface area contributed by atoms with Gasteiger partial charge in [-0.05, 0) is 89.7 Å². The van der Waals surface area contributed by atoms with E-state index in [0.717, 1.165) is 105 Å². The molecule has 8 aromatic heterocycles. The zero-order valence-corrected chi connectivity index (χ0v) is 47.1. The van der Waals surface area contributed by atoms with Gasteiger partial charge in [0.2, 0.25) is 0 Å². The summed E-state index contributed by atoms with van der Waals surface area (Å²) in [4.78, 5) is 32.5. The number of benzene rings is 7. The highest BCUT2D eigenvalue weighted by Gasteiger charge is 2.46. The first-order valence-electron chi connectivity index (χ1n) is 28.3. The van der Waals surface area contributed by atoms with E-state index in [9.17, 15) is 0 Å². The fourth-order valence-corrected chi connectivity index (χ4v) is 16.6. The maximum absolute atomic E-state index is 5.79. The van der Waals surface area contributed by atoms with Crippen LogP contribution in [0.1, 0.15) is 56.5 Å². The van der Waals surface area contributed by atoms with Gasteiger partial charge in [0, 0.05) is 92.8 Å². The molecule has 8 heterocycles. The Balaban J connectivity index is 0.808. The van der Waals surface area contributed by atoms with Crippen molar-refractivity contribution in [2.45, 2.75) is 44.9 Å². The second-order valence-corrected chi connectivity index (χ2v) is 24.8. The van der Waals surface area contributed by atoms with Gasteiger partial charge in [0.25, 0.3) is 0 Å². The maximum atomic E-state index is 5.79. The van der Waals surface area contributed by atoms with Crippen LogP contribution in [0.4, 0.5) is 0 Å². The van der Waals surface area contributed by atoms with Gasteiger partial charge < -0.3 is 0 Å². The normalized spacial score (nSPS) is 18.1. The van der Waals surface area contributed by atoms with E-state index in [0.29, 0.717) is 0 Å². The lowest BCUT2D eigenvalue weighted by atomic mass is 9.59. The smallest absolute Gasteiger partial charge is 0.0972 e. The van der Waals surface area contributed by atoms with E-state index in [1.54, 1.807) is 0 Å². The third-order valence-corrected chi connectivity index (χ3v) is 20.3. The number of para-hydroxylation sites is 1. The first-order chi connectivity index (χ1) is 40.2. The largest absolute Gasteiger partial charge is 0.254 e. The molecule has 0 bridgehead atoms. The standard InChI is InChI=1S/C74H50N6S2/c1-40-35-36-74(4,59-34-31-46-28-27-45-30-33-55(77-68(45)69(46)79-59)47-14-11-16-49(38-47)62-51-19-5-8-22-56(51)78-70-52-20-6-9-23-57(52)81-72(62)70)64-41(2)61-63(73-71(80-65(61)42(3)60(40)64)53-21-7-10-24-58(53)82-73)50-17-12-15-48(39-50)54-32-29-44-26-25-43-18-13-37-75-66(43)67(44)76-54/h5-42H,1-4H3. The average Bonchev–Trinajstić information content (AvgIpc) is 4.16. The zero-order valence-electron chi connectivity index (χ0n) is 45.4.